The number of aromatic nitrogens is 3. The van der Waals surface area contributed by atoms with E-state index in [1.54, 1.807) is 18.2 Å². The molecule has 0 amide bonds. The van der Waals surface area contributed by atoms with E-state index in [-0.39, 0.29) is 23.2 Å². The number of hydrogen-bond donors (Lipinski definition) is 1. The number of anilines is 1. The molecule has 0 aliphatic rings. The minimum Gasteiger partial charge on any atom is -0.461 e. The molecule has 0 aliphatic carbocycles. The van der Waals surface area contributed by atoms with Gasteiger partial charge in [-0.15, -0.1) is 0 Å². The van der Waals surface area contributed by atoms with Gasteiger partial charge in [-0.25, -0.2) is 4.39 Å². The molecule has 2 aromatic rings. The highest BCUT2D eigenvalue weighted by molar-refractivity contribution is 6.28. The summed E-state index contributed by atoms with van der Waals surface area (Å²) in [6.45, 7) is 4.20. The molecule has 112 valence electrons. The Morgan fingerprint density at radius 2 is 2.00 bits per heavy atom. The van der Waals surface area contributed by atoms with Crippen LogP contribution < -0.4 is 10.1 Å². The fraction of sp³-hybridized carbons (Fsp3) is 0.357. The molecule has 21 heavy (non-hydrogen) atoms. The number of hydrogen-bond acceptors (Lipinski definition) is 5. The Morgan fingerprint density at radius 3 is 2.71 bits per heavy atom. The summed E-state index contributed by atoms with van der Waals surface area (Å²) in [6.07, 6.45) is 0.450. The van der Waals surface area contributed by atoms with E-state index in [9.17, 15) is 4.39 Å². The molecule has 1 aromatic carbocycles. The molecular formula is C14H16ClFN4O. The molecule has 0 unspecified atom stereocenters. The molecule has 0 bridgehead atoms. The lowest BCUT2D eigenvalue weighted by Gasteiger charge is -2.10. The van der Waals surface area contributed by atoms with Crippen LogP contribution in [0.5, 0.6) is 6.01 Å². The molecule has 7 heteroatoms. The maximum atomic E-state index is 13.5. The number of ether oxygens (including phenoxy) is 1. The van der Waals surface area contributed by atoms with Crippen molar-refractivity contribution in [2.24, 2.45) is 0 Å². The summed E-state index contributed by atoms with van der Waals surface area (Å²) in [7, 11) is 0. The largest absolute Gasteiger partial charge is 0.461 e. The molecular weight excluding hydrogens is 295 g/mol. The van der Waals surface area contributed by atoms with Gasteiger partial charge in [-0.05, 0) is 43.5 Å². The Labute approximate surface area is 127 Å². The Morgan fingerprint density at radius 1 is 1.24 bits per heavy atom. The number of halogens is 2. The van der Waals surface area contributed by atoms with Gasteiger partial charge in [-0.1, -0.05) is 18.2 Å². The lowest BCUT2D eigenvalue weighted by atomic mass is 10.1. The van der Waals surface area contributed by atoms with Crippen LogP contribution in [0.2, 0.25) is 5.28 Å². The molecule has 2 rings (SSSR count). The van der Waals surface area contributed by atoms with Crippen LogP contribution in [0.1, 0.15) is 19.4 Å². The van der Waals surface area contributed by atoms with Crippen molar-refractivity contribution in [2.45, 2.75) is 26.4 Å². The zero-order valence-electron chi connectivity index (χ0n) is 11.8. The topological polar surface area (TPSA) is 59.9 Å². The molecule has 0 fully saturated rings. The van der Waals surface area contributed by atoms with Crippen LogP contribution in [0.4, 0.5) is 10.3 Å². The highest BCUT2D eigenvalue weighted by Crippen LogP contribution is 2.13. The molecule has 0 spiro atoms. The van der Waals surface area contributed by atoms with Gasteiger partial charge < -0.3 is 10.1 Å². The van der Waals surface area contributed by atoms with E-state index in [0.717, 1.165) is 0 Å². The Balaban J connectivity index is 1.97. The van der Waals surface area contributed by atoms with Crippen LogP contribution in [0, 0.1) is 5.82 Å². The molecule has 1 N–H and O–H groups in total. The Bertz CT molecular complexity index is 609. The van der Waals surface area contributed by atoms with Gasteiger partial charge in [0.05, 0.1) is 6.10 Å². The average molecular weight is 311 g/mol. The van der Waals surface area contributed by atoms with E-state index >= 15 is 0 Å². The zero-order valence-corrected chi connectivity index (χ0v) is 12.6. The first-order valence-corrected chi connectivity index (χ1v) is 6.98. The highest BCUT2D eigenvalue weighted by Gasteiger charge is 2.08. The fourth-order valence-electron chi connectivity index (χ4n) is 1.68. The van der Waals surface area contributed by atoms with Gasteiger partial charge in [0.25, 0.3) is 0 Å². The summed E-state index contributed by atoms with van der Waals surface area (Å²) in [5, 5.41) is 3.03. The summed E-state index contributed by atoms with van der Waals surface area (Å²) >= 11 is 5.81. The van der Waals surface area contributed by atoms with Crippen molar-refractivity contribution in [2.75, 3.05) is 11.9 Å². The second-order valence-corrected chi connectivity index (χ2v) is 4.98. The molecule has 0 saturated carbocycles. The maximum absolute atomic E-state index is 13.5. The monoisotopic (exact) mass is 310 g/mol. The first-order valence-electron chi connectivity index (χ1n) is 6.60. The minimum atomic E-state index is -0.225. The van der Waals surface area contributed by atoms with Crippen LogP contribution in [-0.2, 0) is 6.42 Å². The van der Waals surface area contributed by atoms with Crippen molar-refractivity contribution in [3.8, 4) is 6.01 Å². The van der Waals surface area contributed by atoms with Crippen LogP contribution in [0.3, 0.4) is 0 Å². The van der Waals surface area contributed by atoms with Gasteiger partial charge in [0, 0.05) is 6.54 Å². The number of benzene rings is 1. The van der Waals surface area contributed by atoms with Gasteiger partial charge in [0.15, 0.2) is 0 Å². The van der Waals surface area contributed by atoms with E-state index < -0.39 is 0 Å². The van der Waals surface area contributed by atoms with Crippen LogP contribution in [-0.4, -0.2) is 27.6 Å². The standard InChI is InChI=1S/C14H16ClFN4O/c1-9(2)21-14-19-12(15)18-13(20-14)17-8-7-10-5-3-4-6-11(10)16/h3-6,9H,7-8H2,1-2H3,(H,17,18,19,20). The lowest BCUT2D eigenvalue weighted by molar-refractivity contribution is 0.222. The molecule has 0 radical (unpaired) electrons. The molecule has 5 nitrogen and oxygen atoms in total. The summed E-state index contributed by atoms with van der Waals surface area (Å²) in [4.78, 5) is 11.9. The van der Waals surface area contributed by atoms with Crippen molar-refractivity contribution >= 4 is 17.5 Å². The maximum Gasteiger partial charge on any atom is 0.322 e. The molecule has 0 saturated heterocycles. The van der Waals surface area contributed by atoms with Crippen LogP contribution >= 0.6 is 11.6 Å². The second kappa shape index (κ2) is 7.17. The Hall–Kier alpha value is -1.95. The van der Waals surface area contributed by atoms with Gasteiger partial charge >= 0.3 is 6.01 Å². The van der Waals surface area contributed by atoms with Crippen molar-refractivity contribution < 1.29 is 9.13 Å². The third-order valence-corrected chi connectivity index (χ3v) is 2.73. The summed E-state index contributed by atoms with van der Waals surface area (Å²) in [5.41, 5.74) is 0.629. The van der Waals surface area contributed by atoms with E-state index in [1.807, 2.05) is 13.8 Å². The Kier molecular flexibility index (Phi) is 5.27. The molecule has 1 heterocycles. The molecule has 0 atom stereocenters. The number of rotatable bonds is 6. The normalized spacial score (nSPS) is 10.7. The molecule has 1 aromatic heterocycles. The smallest absolute Gasteiger partial charge is 0.322 e. The third kappa shape index (κ3) is 4.82. The quantitative estimate of drug-likeness (QED) is 0.888. The van der Waals surface area contributed by atoms with Gasteiger partial charge in [-0.2, -0.15) is 15.0 Å². The average Bonchev–Trinajstić information content (AvgIpc) is 2.39. The van der Waals surface area contributed by atoms with E-state index in [2.05, 4.69) is 20.3 Å². The predicted octanol–water partition coefficient (Wildman–Crippen LogP) is 3.11. The lowest BCUT2D eigenvalue weighted by Crippen LogP contribution is -2.13. The third-order valence-electron chi connectivity index (χ3n) is 2.56. The number of nitrogens with zero attached hydrogens (tertiary/aromatic N) is 3. The highest BCUT2D eigenvalue weighted by atomic mass is 35.5. The van der Waals surface area contributed by atoms with Crippen molar-refractivity contribution in [1.82, 2.24) is 15.0 Å². The zero-order chi connectivity index (χ0) is 15.2. The SMILES string of the molecule is CC(C)Oc1nc(Cl)nc(NCCc2ccccc2F)n1. The van der Waals surface area contributed by atoms with Crippen molar-refractivity contribution in [3.63, 3.8) is 0 Å². The van der Waals surface area contributed by atoms with Gasteiger partial charge in [-0.3, -0.25) is 0 Å². The van der Waals surface area contributed by atoms with Crippen molar-refractivity contribution in [1.29, 1.82) is 0 Å². The first-order chi connectivity index (χ1) is 10.0. The van der Waals surface area contributed by atoms with Gasteiger partial charge in [0.2, 0.25) is 11.2 Å². The fourth-order valence-corrected chi connectivity index (χ4v) is 1.84. The second-order valence-electron chi connectivity index (χ2n) is 4.65. The van der Waals surface area contributed by atoms with E-state index in [1.165, 1.54) is 6.07 Å². The summed E-state index contributed by atoms with van der Waals surface area (Å²) in [6, 6.07) is 6.80. The summed E-state index contributed by atoms with van der Waals surface area (Å²) in [5.74, 6) is 0.0822. The van der Waals surface area contributed by atoms with E-state index in [0.29, 0.717) is 24.5 Å². The van der Waals surface area contributed by atoms with E-state index in [4.69, 9.17) is 16.3 Å². The van der Waals surface area contributed by atoms with Crippen molar-refractivity contribution in [3.05, 3.63) is 40.9 Å². The number of nitrogens with one attached hydrogen (secondary N) is 1. The summed E-state index contributed by atoms with van der Waals surface area (Å²) < 4.78 is 18.8. The predicted molar refractivity (Wildman–Crippen MR) is 79.2 cm³/mol. The first kappa shape index (κ1) is 15.4. The van der Waals surface area contributed by atoms with Gasteiger partial charge in [0.1, 0.15) is 5.82 Å². The molecule has 0 aliphatic heterocycles. The minimum absolute atomic E-state index is 0.0500. The van der Waals surface area contributed by atoms with Crippen LogP contribution in [0.25, 0.3) is 0 Å². The van der Waals surface area contributed by atoms with Crippen LogP contribution in [0.15, 0.2) is 24.3 Å².